The topological polar surface area (TPSA) is 73.3 Å². The highest BCUT2D eigenvalue weighted by molar-refractivity contribution is 7.99. The van der Waals surface area contributed by atoms with Crippen LogP contribution in [0.5, 0.6) is 5.75 Å². The number of benzene rings is 1. The second-order valence-electron chi connectivity index (χ2n) is 4.71. The molecule has 0 atom stereocenters. The molecule has 0 saturated heterocycles. The molecule has 0 amide bonds. The number of rotatable bonds is 6. The summed E-state index contributed by atoms with van der Waals surface area (Å²) in [5.74, 6) is -0.548. The minimum absolute atomic E-state index is 0.0909. The van der Waals surface area contributed by atoms with Gasteiger partial charge in [0.2, 0.25) is 0 Å². The van der Waals surface area contributed by atoms with Gasteiger partial charge in [-0.1, -0.05) is 18.7 Å². The second-order valence-corrected chi connectivity index (χ2v) is 7.36. The third-order valence-electron chi connectivity index (χ3n) is 2.94. The summed E-state index contributed by atoms with van der Waals surface area (Å²) >= 11 is 1.20. The van der Waals surface area contributed by atoms with Crippen molar-refractivity contribution in [3.05, 3.63) is 48.3 Å². The molecule has 0 aliphatic rings. The van der Waals surface area contributed by atoms with Gasteiger partial charge in [0.25, 0.3) is 0 Å². The van der Waals surface area contributed by atoms with Crippen LogP contribution in [0.2, 0.25) is 0 Å². The molecule has 0 aliphatic heterocycles. The summed E-state index contributed by atoms with van der Waals surface area (Å²) < 4.78 is 62.8. The van der Waals surface area contributed by atoms with E-state index in [1.165, 1.54) is 36.3 Å². The van der Waals surface area contributed by atoms with Crippen LogP contribution in [0.3, 0.4) is 0 Å². The third-order valence-corrected chi connectivity index (χ3v) is 5.01. The van der Waals surface area contributed by atoms with E-state index in [9.17, 15) is 26.4 Å². The first-order valence-electron chi connectivity index (χ1n) is 6.90. The zero-order valence-corrected chi connectivity index (χ0v) is 14.4. The Morgan fingerprint density at radius 3 is 2.40 bits per heavy atom. The van der Waals surface area contributed by atoms with E-state index in [1.54, 1.807) is 13.0 Å². The normalized spacial score (nSPS) is 12.0. The number of alkyl halides is 3. The lowest BCUT2D eigenvalue weighted by atomic mass is 10.1. The van der Waals surface area contributed by atoms with Crippen molar-refractivity contribution in [2.24, 2.45) is 0 Å². The molecule has 0 bridgehead atoms. The van der Waals surface area contributed by atoms with E-state index in [2.05, 4.69) is 9.17 Å². The van der Waals surface area contributed by atoms with E-state index in [0.717, 1.165) is 12.1 Å². The Balaban J connectivity index is 2.19. The Morgan fingerprint density at radius 1 is 1.20 bits per heavy atom. The van der Waals surface area contributed by atoms with Crippen LogP contribution >= 0.6 is 11.8 Å². The number of hydrogen-bond acceptors (Lipinski definition) is 6. The van der Waals surface area contributed by atoms with Crippen molar-refractivity contribution in [3.63, 3.8) is 0 Å². The van der Waals surface area contributed by atoms with Crippen LogP contribution < -0.4 is 4.18 Å². The standard InChI is InChI=1S/C15H12F3NO4S2/c1-2-13(20)12-9-19-8-7-14(12)24-11-5-3-10(4-6-11)23-25(21,22)15(16,17)18/h3-9H,2H2,1H3. The minimum Gasteiger partial charge on any atom is -0.376 e. The summed E-state index contributed by atoms with van der Waals surface area (Å²) in [4.78, 5) is 17.0. The molecule has 1 heterocycles. The molecule has 0 unspecified atom stereocenters. The van der Waals surface area contributed by atoms with Crippen molar-refractivity contribution in [1.29, 1.82) is 0 Å². The van der Waals surface area contributed by atoms with Gasteiger partial charge in [0, 0.05) is 34.2 Å². The van der Waals surface area contributed by atoms with E-state index in [4.69, 9.17) is 0 Å². The predicted molar refractivity (Wildman–Crippen MR) is 85.0 cm³/mol. The molecule has 5 nitrogen and oxygen atoms in total. The number of hydrogen-bond donors (Lipinski definition) is 0. The maximum absolute atomic E-state index is 12.3. The highest BCUT2D eigenvalue weighted by Gasteiger charge is 2.48. The van der Waals surface area contributed by atoms with Gasteiger partial charge in [0.1, 0.15) is 5.75 Å². The number of pyridine rings is 1. The first kappa shape index (κ1) is 19.3. The van der Waals surface area contributed by atoms with Crippen LogP contribution in [-0.4, -0.2) is 24.7 Å². The second kappa shape index (κ2) is 7.44. The number of nitrogens with zero attached hydrogens (tertiary/aromatic N) is 1. The number of carbonyl (C=O) groups excluding carboxylic acids is 1. The van der Waals surface area contributed by atoms with Crippen LogP contribution in [0.25, 0.3) is 0 Å². The fraction of sp³-hybridized carbons (Fsp3) is 0.200. The molecule has 2 aromatic rings. The van der Waals surface area contributed by atoms with Gasteiger partial charge in [-0.3, -0.25) is 9.78 Å². The molecule has 134 valence electrons. The van der Waals surface area contributed by atoms with Gasteiger partial charge in [-0.15, -0.1) is 0 Å². The number of aromatic nitrogens is 1. The maximum atomic E-state index is 12.3. The molecule has 0 saturated carbocycles. The fourth-order valence-corrected chi connectivity index (χ4v) is 3.13. The highest BCUT2D eigenvalue weighted by atomic mass is 32.2. The molecule has 0 radical (unpaired) electrons. The Bertz CT molecular complexity index is 865. The lowest BCUT2D eigenvalue weighted by Crippen LogP contribution is -2.27. The van der Waals surface area contributed by atoms with E-state index >= 15 is 0 Å². The molecular formula is C15H12F3NO4S2. The summed E-state index contributed by atoms with van der Waals surface area (Å²) in [7, 11) is -5.70. The van der Waals surface area contributed by atoms with E-state index in [0.29, 0.717) is 21.8 Å². The number of Topliss-reactive ketones (excluding diaryl/α,β-unsaturated/α-hetero) is 1. The Labute approximate surface area is 146 Å². The first-order chi connectivity index (χ1) is 11.6. The fourth-order valence-electron chi connectivity index (χ4n) is 1.73. The Morgan fingerprint density at radius 2 is 1.84 bits per heavy atom. The van der Waals surface area contributed by atoms with Crippen molar-refractivity contribution in [3.8, 4) is 5.75 Å². The SMILES string of the molecule is CCC(=O)c1cnccc1Sc1ccc(OS(=O)(=O)C(F)(F)F)cc1. The number of halogens is 3. The third kappa shape index (κ3) is 4.73. The zero-order chi connectivity index (χ0) is 18.7. The molecule has 25 heavy (non-hydrogen) atoms. The van der Waals surface area contributed by atoms with Crippen LogP contribution in [0.15, 0.2) is 52.5 Å². The maximum Gasteiger partial charge on any atom is 0.534 e. The quantitative estimate of drug-likeness (QED) is 0.420. The van der Waals surface area contributed by atoms with Crippen LogP contribution in [0.1, 0.15) is 23.7 Å². The van der Waals surface area contributed by atoms with Crippen molar-refractivity contribution >= 4 is 27.7 Å². The number of carbonyl (C=O) groups is 1. The monoisotopic (exact) mass is 391 g/mol. The summed E-state index contributed by atoms with van der Waals surface area (Å²) in [6.45, 7) is 1.72. The molecule has 0 N–H and O–H groups in total. The van der Waals surface area contributed by atoms with Gasteiger partial charge in [0.05, 0.1) is 0 Å². The van der Waals surface area contributed by atoms with Crippen LogP contribution in [0, 0.1) is 0 Å². The molecule has 1 aromatic carbocycles. The summed E-state index contributed by atoms with van der Waals surface area (Å²) in [6, 6.07) is 6.65. The van der Waals surface area contributed by atoms with Crippen molar-refractivity contribution in [2.75, 3.05) is 0 Å². The zero-order valence-electron chi connectivity index (χ0n) is 12.8. The predicted octanol–water partition coefficient (Wildman–Crippen LogP) is 4.05. The molecular weight excluding hydrogens is 379 g/mol. The van der Waals surface area contributed by atoms with Gasteiger partial charge >= 0.3 is 15.6 Å². The van der Waals surface area contributed by atoms with Gasteiger partial charge in [-0.05, 0) is 30.3 Å². The van der Waals surface area contributed by atoms with Gasteiger partial charge in [-0.2, -0.15) is 21.6 Å². The molecule has 2 rings (SSSR count). The van der Waals surface area contributed by atoms with E-state index in [-0.39, 0.29) is 5.78 Å². The summed E-state index contributed by atoms with van der Waals surface area (Å²) in [6.07, 6.45) is 3.27. The molecule has 0 spiro atoms. The first-order valence-corrected chi connectivity index (χ1v) is 9.12. The Hall–Kier alpha value is -2.07. The molecule has 10 heteroatoms. The van der Waals surface area contributed by atoms with Crippen LogP contribution in [0.4, 0.5) is 13.2 Å². The average Bonchev–Trinajstić information content (AvgIpc) is 2.55. The Kier molecular flexibility index (Phi) is 5.73. The van der Waals surface area contributed by atoms with Gasteiger partial charge < -0.3 is 4.18 Å². The van der Waals surface area contributed by atoms with E-state index < -0.39 is 21.4 Å². The summed E-state index contributed by atoms with van der Waals surface area (Å²) in [5, 5.41) is 0. The van der Waals surface area contributed by atoms with Crippen molar-refractivity contribution in [2.45, 2.75) is 28.6 Å². The van der Waals surface area contributed by atoms with Crippen molar-refractivity contribution < 1.29 is 30.6 Å². The van der Waals surface area contributed by atoms with Gasteiger partial charge in [0.15, 0.2) is 5.78 Å². The van der Waals surface area contributed by atoms with Crippen LogP contribution in [-0.2, 0) is 10.1 Å². The summed E-state index contributed by atoms with van der Waals surface area (Å²) in [5.41, 5.74) is -5.05. The van der Waals surface area contributed by atoms with Gasteiger partial charge in [-0.25, -0.2) is 0 Å². The van der Waals surface area contributed by atoms with Crippen molar-refractivity contribution in [1.82, 2.24) is 4.98 Å². The smallest absolute Gasteiger partial charge is 0.376 e. The highest BCUT2D eigenvalue weighted by Crippen LogP contribution is 2.33. The minimum atomic E-state index is -5.70. The average molecular weight is 391 g/mol. The van der Waals surface area contributed by atoms with E-state index in [1.807, 2.05) is 0 Å². The molecule has 0 fully saturated rings. The lowest BCUT2D eigenvalue weighted by molar-refractivity contribution is -0.0500. The number of ketones is 1. The molecule has 0 aliphatic carbocycles. The molecule has 1 aromatic heterocycles. The lowest BCUT2D eigenvalue weighted by Gasteiger charge is -2.10. The largest absolute Gasteiger partial charge is 0.534 e.